The highest BCUT2D eigenvalue weighted by molar-refractivity contribution is 5.80. The van der Waals surface area contributed by atoms with Crippen LogP contribution in [-0.2, 0) is 6.54 Å². The normalized spacial score (nSPS) is 20.2. The second kappa shape index (κ2) is 7.22. The van der Waals surface area contributed by atoms with Gasteiger partial charge >= 0.3 is 0 Å². The molecule has 3 rings (SSSR count). The van der Waals surface area contributed by atoms with Gasteiger partial charge in [-0.1, -0.05) is 24.3 Å². The molecule has 2 atom stereocenters. The fourth-order valence-electron chi connectivity index (χ4n) is 2.62. The van der Waals surface area contributed by atoms with E-state index in [2.05, 4.69) is 20.6 Å². The molecule has 5 heteroatoms. The molecule has 2 unspecified atom stereocenters. The summed E-state index contributed by atoms with van der Waals surface area (Å²) in [6, 6.07) is 13.0. The van der Waals surface area contributed by atoms with Gasteiger partial charge in [0, 0.05) is 24.7 Å². The molecular formula is C18H21FN4. The zero-order valence-electron chi connectivity index (χ0n) is 13.2. The molecular weight excluding hydrogens is 291 g/mol. The number of nitrogens with one attached hydrogen (secondary N) is 2. The lowest BCUT2D eigenvalue weighted by atomic mass is 10.1. The molecule has 23 heavy (non-hydrogen) atoms. The molecule has 0 bridgehead atoms. The van der Waals surface area contributed by atoms with E-state index in [-0.39, 0.29) is 17.8 Å². The smallest absolute Gasteiger partial charge is 0.191 e. The summed E-state index contributed by atoms with van der Waals surface area (Å²) in [6.45, 7) is 3.33. The number of hydrogen-bond acceptors (Lipinski definition) is 2. The van der Waals surface area contributed by atoms with Crippen molar-refractivity contribution >= 4 is 5.96 Å². The van der Waals surface area contributed by atoms with Crippen LogP contribution in [0.2, 0.25) is 0 Å². The Morgan fingerprint density at radius 2 is 2.09 bits per heavy atom. The second-order valence-electron chi connectivity index (χ2n) is 5.63. The van der Waals surface area contributed by atoms with Crippen molar-refractivity contribution in [1.29, 1.82) is 0 Å². The number of aliphatic imine (C=N–C) groups is 1. The van der Waals surface area contributed by atoms with Gasteiger partial charge in [-0.25, -0.2) is 9.38 Å². The van der Waals surface area contributed by atoms with Crippen LogP contribution in [0.25, 0.3) is 0 Å². The van der Waals surface area contributed by atoms with E-state index in [1.807, 2.05) is 37.3 Å². The fraction of sp³-hybridized carbons (Fsp3) is 0.333. The molecule has 0 spiro atoms. The van der Waals surface area contributed by atoms with Crippen molar-refractivity contribution in [3.8, 4) is 0 Å². The monoisotopic (exact) mass is 312 g/mol. The molecule has 1 heterocycles. The molecule has 2 N–H and O–H groups in total. The predicted octanol–water partition coefficient (Wildman–Crippen LogP) is 2.83. The number of pyridine rings is 1. The number of rotatable bonds is 5. The van der Waals surface area contributed by atoms with Gasteiger partial charge in [-0.3, -0.25) is 4.98 Å². The van der Waals surface area contributed by atoms with Gasteiger partial charge in [0.15, 0.2) is 5.96 Å². The minimum absolute atomic E-state index is 0.128. The first-order valence-corrected chi connectivity index (χ1v) is 7.97. The standard InChI is InChI=1S/C18H21FN4/c1-2-20-18(22-12-13-7-5-6-10-21-13)23-17-11-15(17)14-8-3-4-9-16(14)19/h3-10,15,17H,2,11-12H2,1H3,(H2,20,22,23). The number of aromatic nitrogens is 1. The summed E-state index contributed by atoms with van der Waals surface area (Å²) in [7, 11) is 0. The Morgan fingerprint density at radius 3 is 2.83 bits per heavy atom. The van der Waals surface area contributed by atoms with Crippen LogP contribution >= 0.6 is 0 Å². The molecule has 1 aliphatic carbocycles. The van der Waals surface area contributed by atoms with Gasteiger partial charge in [0.1, 0.15) is 5.82 Å². The van der Waals surface area contributed by atoms with Crippen LogP contribution in [0, 0.1) is 5.82 Å². The Labute approximate surface area is 135 Å². The minimum Gasteiger partial charge on any atom is -0.357 e. The van der Waals surface area contributed by atoms with E-state index < -0.39 is 0 Å². The Kier molecular flexibility index (Phi) is 4.86. The van der Waals surface area contributed by atoms with Crippen LogP contribution in [0.1, 0.15) is 30.5 Å². The third-order valence-electron chi connectivity index (χ3n) is 3.89. The van der Waals surface area contributed by atoms with Crippen molar-refractivity contribution in [2.45, 2.75) is 31.8 Å². The lowest BCUT2D eigenvalue weighted by Crippen LogP contribution is -2.39. The lowest BCUT2D eigenvalue weighted by Gasteiger charge is -2.11. The van der Waals surface area contributed by atoms with Gasteiger partial charge in [0.05, 0.1) is 12.2 Å². The highest BCUT2D eigenvalue weighted by Gasteiger charge is 2.40. The lowest BCUT2D eigenvalue weighted by molar-refractivity contribution is 0.607. The summed E-state index contributed by atoms with van der Waals surface area (Å²) in [6.07, 6.45) is 2.69. The van der Waals surface area contributed by atoms with Gasteiger partial charge in [-0.05, 0) is 37.1 Å². The van der Waals surface area contributed by atoms with Gasteiger partial charge in [0.2, 0.25) is 0 Å². The minimum atomic E-state index is -0.128. The molecule has 1 aromatic carbocycles. The first-order chi connectivity index (χ1) is 11.3. The first kappa shape index (κ1) is 15.5. The Morgan fingerprint density at radius 1 is 1.26 bits per heavy atom. The molecule has 0 aliphatic heterocycles. The summed E-state index contributed by atoms with van der Waals surface area (Å²) in [5.41, 5.74) is 1.71. The molecule has 0 amide bonds. The number of guanidine groups is 1. The molecule has 0 radical (unpaired) electrons. The van der Waals surface area contributed by atoms with E-state index in [4.69, 9.17) is 0 Å². The largest absolute Gasteiger partial charge is 0.357 e. The predicted molar refractivity (Wildman–Crippen MR) is 89.7 cm³/mol. The van der Waals surface area contributed by atoms with Crippen LogP contribution in [0.3, 0.4) is 0 Å². The average Bonchev–Trinajstić information content (AvgIpc) is 3.33. The quantitative estimate of drug-likeness (QED) is 0.659. The molecule has 1 fully saturated rings. The zero-order valence-corrected chi connectivity index (χ0v) is 13.2. The van der Waals surface area contributed by atoms with Crippen LogP contribution in [0.15, 0.2) is 53.7 Å². The van der Waals surface area contributed by atoms with Crippen LogP contribution in [-0.4, -0.2) is 23.5 Å². The molecule has 0 saturated heterocycles. The second-order valence-corrected chi connectivity index (χ2v) is 5.63. The van der Waals surface area contributed by atoms with Gasteiger partial charge < -0.3 is 10.6 Å². The molecule has 4 nitrogen and oxygen atoms in total. The van der Waals surface area contributed by atoms with E-state index in [0.717, 1.165) is 30.2 Å². The number of benzene rings is 1. The Balaban J connectivity index is 1.61. The van der Waals surface area contributed by atoms with Crippen molar-refractivity contribution in [3.63, 3.8) is 0 Å². The highest BCUT2D eigenvalue weighted by Crippen LogP contribution is 2.41. The van der Waals surface area contributed by atoms with Crippen molar-refractivity contribution < 1.29 is 4.39 Å². The van der Waals surface area contributed by atoms with Crippen molar-refractivity contribution in [1.82, 2.24) is 15.6 Å². The third-order valence-corrected chi connectivity index (χ3v) is 3.89. The number of halogens is 1. The summed E-state index contributed by atoms with van der Waals surface area (Å²) in [5, 5.41) is 6.61. The third kappa shape index (κ3) is 4.06. The van der Waals surface area contributed by atoms with Crippen molar-refractivity contribution in [3.05, 3.63) is 65.7 Å². The van der Waals surface area contributed by atoms with E-state index in [1.165, 1.54) is 6.07 Å². The van der Waals surface area contributed by atoms with Crippen LogP contribution in [0.5, 0.6) is 0 Å². The number of hydrogen-bond donors (Lipinski definition) is 2. The zero-order chi connectivity index (χ0) is 16.1. The first-order valence-electron chi connectivity index (χ1n) is 7.97. The maximum atomic E-state index is 13.8. The molecule has 1 aromatic heterocycles. The summed E-state index contributed by atoms with van der Waals surface area (Å²) in [4.78, 5) is 8.82. The van der Waals surface area contributed by atoms with Crippen LogP contribution < -0.4 is 10.6 Å². The van der Waals surface area contributed by atoms with Crippen LogP contribution in [0.4, 0.5) is 4.39 Å². The number of nitrogens with zero attached hydrogens (tertiary/aromatic N) is 2. The SMILES string of the molecule is CCNC(=NCc1ccccn1)NC1CC1c1ccccc1F. The molecule has 1 aliphatic rings. The summed E-state index contributed by atoms with van der Waals surface area (Å²) < 4.78 is 13.8. The Hall–Kier alpha value is -2.43. The highest BCUT2D eigenvalue weighted by atomic mass is 19.1. The van der Waals surface area contributed by atoms with Gasteiger partial charge in [0.25, 0.3) is 0 Å². The fourth-order valence-corrected chi connectivity index (χ4v) is 2.62. The summed E-state index contributed by atoms with van der Waals surface area (Å²) >= 11 is 0. The van der Waals surface area contributed by atoms with Gasteiger partial charge in [-0.15, -0.1) is 0 Å². The van der Waals surface area contributed by atoms with E-state index in [0.29, 0.717) is 6.54 Å². The molecule has 120 valence electrons. The van der Waals surface area contributed by atoms with Gasteiger partial charge in [-0.2, -0.15) is 0 Å². The van der Waals surface area contributed by atoms with Crippen molar-refractivity contribution in [2.75, 3.05) is 6.54 Å². The summed E-state index contributed by atoms with van der Waals surface area (Å²) in [5.74, 6) is 0.842. The molecule has 2 aromatic rings. The van der Waals surface area contributed by atoms with E-state index in [9.17, 15) is 4.39 Å². The maximum absolute atomic E-state index is 13.8. The topological polar surface area (TPSA) is 49.3 Å². The average molecular weight is 312 g/mol. The van der Waals surface area contributed by atoms with Crippen molar-refractivity contribution in [2.24, 2.45) is 4.99 Å². The Bertz CT molecular complexity index is 672. The van der Waals surface area contributed by atoms with E-state index in [1.54, 1.807) is 12.3 Å². The molecule has 1 saturated carbocycles. The van der Waals surface area contributed by atoms with E-state index >= 15 is 0 Å². The maximum Gasteiger partial charge on any atom is 0.191 e.